The molecule has 0 bridgehead atoms. The van der Waals surface area contributed by atoms with Crippen molar-refractivity contribution in [2.75, 3.05) is 6.61 Å². The monoisotopic (exact) mass is 234 g/mol. The molecule has 0 amide bonds. The normalized spacial score (nSPS) is 17.4. The molecule has 1 aromatic rings. The Kier molecular flexibility index (Phi) is 3.67. The van der Waals surface area contributed by atoms with Crippen LogP contribution in [0, 0.1) is 6.92 Å². The van der Waals surface area contributed by atoms with Gasteiger partial charge in [0.05, 0.1) is 6.61 Å². The Hall–Kier alpha value is -1.51. The Bertz CT molecular complexity index is 412. The number of rotatable bonds is 4. The van der Waals surface area contributed by atoms with Crippen molar-refractivity contribution in [1.82, 2.24) is 0 Å². The van der Waals surface area contributed by atoms with Crippen molar-refractivity contribution in [3.63, 3.8) is 0 Å². The Balaban J connectivity index is 1.93. The van der Waals surface area contributed by atoms with Crippen LogP contribution < -0.4 is 4.74 Å². The van der Waals surface area contributed by atoms with E-state index in [2.05, 4.69) is 6.92 Å². The van der Waals surface area contributed by atoms with Crippen LogP contribution >= 0.6 is 0 Å². The molecule has 3 nitrogen and oxygen atoms in total. The van der Waals surface area contributed by atoms with Gasteiger partial charge >= 0.3 is 5.97 Å². The van der Waals surface area contributed by atoms with E-state index in [0.717, 1.165) is 29.7 Å². The van der Waals surface area contributed by atoms with Gasteiger partial charge in [-0.3, -0.25) is 0 Å². The Morgan fingerprint density at radius 1 is 1.53 bits per heavy atom. The highest BCUT2D eigenvalue weighted by atomic mass is 16.6. The molecule has 0 saturated heterocycles. The largest absolute Gasteiger partial charge is 0.478 e. The Morgan fingerprint density at radius 3 is 3.12 bits per heavy atom. The van der Waals surface area contributed by atoms with Crippen LogP contribution in [0.3, 0.4) is 0 Å². The number of fused-ring (bicyclic) bond motifs is 1. The van der Waals surface area contributed by atoms with Crippen LogP contribution in [0.25, 0.3) is 0 Å². The highest BCUT2D eigenvalue weighted by Gasteiger charge is 2.30. The molecule has 1 heterocycles. The van der Waals surface area contributed by atoms with E-state index in [1.807, 2.05) is 25.1 Å². The van der Waals surface area contributed by atoms with Gasteiger partial charge in [0.15, 0.2) is 6.10 Å². The van der Waals surface area contributed by atoms with Crippen molar-refractivity contribution >= 4 is 5.97 Å². The molecule has 1 aromatic carbocycles. The van der Waals surface area contributed by atoms with E-state index in [4.69, 9.17) is 9.47 Å². The standard InChI is InChI=1S/C14H18O3/c1-3-4-7-16-14(15)13-9-11-6-5-10(2)8-12(11)17-13/h5-6,8,13H,3-4,7,9H2,1-2H3. The van der Waals surface area contributed by atoms with Gasteiger partial charge in [-0.25, -0.2) is 4.79 Å². The maximum Gasteiger partial charge on any atom is 0.347 e. The molecule has 0 aromatic heterocycles. The van der Waals surface area contributed by atoms with Gasteiger partial charge in [-0.1, -0.05) is 25.5 Å². The number of carbonyl (C=O) groups excluding carboxylic acids is 1. The highest BCUT2D eigenvalue weighted by Crippen LogP contribution is 2.30. The summed E-state index contributed by atoms with van der Waals surface area (Å²) in [6.45, 7) is 4.57. The van der Waals surface area contributed by atoms with Crippen molar-refractivity contribution in [3.8, 4) is 5.75 Å². The van der Waals surface area contributed by atoms with Crippen LogP contribution in [-0.2, 0) is 16.0 Å². The minimum atomic E-state index is -0.455. The second-order valence-corrected chi connectivity index (χ2v) is 4.44. The number of benzene rings is 1. The second-order valence-electron chi connectivity index (χ2n) is 4.44. The second kappa shape index (κ2) is 5.21. The lowest BCUT2D eigenvalue weighted by Gasteiger charge is -2.10. The average molecular weight is 234 g/mol. The van der Waals surface area contributed by atoms with E-state index in [9.17, 15) is 4.79 Å². The lowest BCUT2D eigenvalue weighted by molar-refractivity contribution is -0.151. The Labute approximate surface area is 102 Å². The van der Waals surface area contributed by atoms with Crippen LogP contribution in [0.15, 0.2) is 18.2 Å². The van der Waals surface area contributed by atoms with E-state index in [1.54, 1.807) is 0 Å². The molecular weight excluding hydrogens is 216 g/mol. The number of esters is 1. The quantitative estimate of drug-likeness (QED) is 0.593. The molecule has 1 unspecified atom stereocenters. The van der Waals surface area contributed by atoms with Crippen molar-refractivity contribution in [3.05, 3.63) is 29.3 Å². The molecule has 0 saturated carbocycles. The fourth-order valence-corrected chi connectivity index (χ4v) is 1.88. The summed E-state index contributed by atoms with van der Waals surface area (Å²) < 4.78 is 10.8. The maximum atomic E-state index is 11.7. The first kappa shape index (κ1) is 12.0. The number of carbonyl (C=O) groups is 1. The van der Waals surface area contributed by atoms with Gasteiger partial charge in [0.1, 0.15) is 5.75 Å². The summed E-state index contributed by atoms with van der Waals surface area (Å²) in [4.78, 5) is 11.7. The van der Waals surface area contributed by atoms with Gasteiger partial charge in [0, 0.05) is 6.42 Å². The first-order valence-electron chi connectivity index (χ1n) is 6.13. The van der Waals surface area contributed by atoms with E-state index < -0.39 is 6.10 Å². The topological polar surface area (TPSA) is 35.5 Å². The maximum absolute atomic E-state index is 11.7. The van der Waals surface area contributed by atoms with Crippen molar-refractivity contribution in [2.24, 2.45) is 0 Å². The highest BCUT2D eigenvalue weighted by molar-refractivity contribution is 5.76. The van der Waals surface area contributed by atoms with Crippen molar-refractivity contribution in [2.45, 2.75) is 39.2 Å². The third kappa shape index (κ3) is 2.78. The lowest BCUT2D eigenvalue weighted by atomic mass is 10.1. The number of hydrogen-bond acceptors (Lipinski definition) is 3. The summed E-state index contributed by atoms with van der Waals surface area (Å²) in [5, 5.41) is 0. The van der Waals surface area contributed by atoms with Gasteiger partial charge in [-0.2, -0.15) is 0 Å². The molecule has 0 fully saturated rings. The van der Waals surface area contributed by atoms with Crippen LogP contribution in [0.2, 0.25) is 0 Å². The SMILES string of the molecule is CCCCOC(=O)C1Cc2ccc(C)cc2O1. The first-order chi connectivity index (χ1) is 8.20. The summed E-state index contributed by atoms with van der Waals surface area (Å²) in [6.07, 6.45) is 2.10. The minimum Gasteiger partial charge on any atom is -0.478 e. The minimum absolute atomic E-state index is 0.243. The predicted molar refractivity (Wildman–Crippen MR) is 65.2 cm³/mol. The molecule has 0 aliphatic carbocycles. The Morgan fingerprint density at radius 2 is 2.35 bits per heavy atom. The zero-order valence-corrected chi connectivity index (χ0v) is 10.4. The number of ether oxygens (including phenoxy) is 2. The molecule has 0 radical (unpaired) electrons. The molecule has 1 aliphatic heterocycles. The van der Waals surface area contributed by atoms with Gasteiger partial charge in [-0.15, -0.1) is 0 Å². The number of unbranched alkanes of at least 4 members (excludes halogenated alkanes) is 1. The van der Waals surface area contributed by atoms with Crippen LogP contribution in [0.5, 0.6) is 5.75 Å². The van der Waals surface area contributed by atoms with Crippen molar-refractivity contribution in [1.29, 1.82) is 0 Å². The lowest BCUT2D eigenvalue weighted by Crippen LogP contribution is -2.27. The van der Waals surface area contributed by atoms with Crippen LogP contribution in [0.4, 0.5) is 0 Å². The van der Waals surface area contributed by atoms with Crippen LogP contribution in [-0.4, -0.2) is 18.7 Å². The molecule has 92 valence electrons. The van der Waals surface area contributed by atoms with Gasteiger partial charge in [-0.05, 0) is 30.5 Å². The molecule has 1 atom stereocenters. The molecule has 1 aliphatic rings. The third-order valence-corrected chi connectivity index (χ3v) is 2.90. The van der Waals surface area contributed by atoms with E-state index in [0.29, 0.717) is 13.0 Å². The predicted octanol–water partition coefficient (Wildman–Crippen LogP) is 2.64. The summed E-state index contributed by atoms with van der Waals surface area (Å²) >= 11 is 0. The fraction of sp³-hybridized carbons (Fsp3) is 0.500. The molecule has 0 spiro atoms. The van der Waals surface area contributed by atoms with E-state index >= 15 is 0 Å². The fourth-order valence-electron chi connectivity index (χ4n) is 1.88. The third-order valence-electron chi connectivity index (χ3n) is 2.90. The first-order valence-corrected chi connectivity index (χ1v) is 6.13. The smallest absolute Gasteiger partial charge is 0.347 e. The molecule has 0 N–H and O–H groups in total. The van der Waals surface area contributed by atoms with E-state index in [1.165, 1.54) is 0 Å². The molecule has 3 heteroatoms. The summed E-state index contributed by atoms with van der Waals surface area (Å²) in [5.74, 6) is 0.578. The number of hydrogen-bond donors (Lipinski definition) is 0. The molecule has 17 heavy (non-hydrogen) atoms. The average Bonchev–Trinajstić information content (AvgIpc) is 2.72. The summed E-state index contributed by atoms with van der Waals surface area (Å²) in [5.41, 5.74) is 2.23. The summed E-state index contributed by atoms with van der Waals surface area (Å²) in [7, 11) is 0. The van der Waals surface area contributed by atoms with E-state index in [-0.39, 0.29) is 5.97 Å². The zero-order chi connectivity index (χ0) is 12.3. The van der Waals surface area contributed by atoms with Gasteiger partial charge < -0.3 is 9.47 Å². The molecule has 2 rings (SSSR count). The van der Waals surface area contributed by atoms with Gasteiger partial charge in [0.25, 0.3) is 0 Å². The van der Waals surface area contributed by atoms with Crippen molar-refractivity contribution < 1.29 is 14.3 Å². The van der Waals surface area contributed by atoms with Gasteiger partial charge in [0.2, 0.25) is 0 Å². The number of aryl methyl sites for hydroxylation is 1. The summed E-state index contributed by atoms with van der Waals surface area (Å²) in [6, 6.07) is 6.02. The molecular formula is C14H18O3. The van der Waals surface area contributed by atoms with Crippen LogP contribution in [0.1, 0.15) is 30.9 Å². The zero-order valence-electron chi connectivity index (χ0n) is 10.4.